The zero-order chi connectivity index (χ0) is 26.7. The van der Waals surface area contributed by atoms with Crippen LogP contribution in [0.2, 0.25) is 0 Å². The minimum absolute atomic E-state index is 0.0264. The maximum Gasteiger partial charge on any atom is 0.274 e. The van der Waals surface area contributed by atoms with Crippen molar-refractivity contribution in [1.29, 1.82) is 0 Å². The highest BCUT2D eigenvalue weighted by atomic mass is 127. The first-order chi connectivity index (χ1) is 18.4. The normalized spacial score (nSPS) is 21.6. The van der Waals surface area contributed by atoms with Gasteiger partial charge in [0.25, 0.3) is 5.91 Å². The number of carbonyl (C=O) groups excluding carboxylic acids is 1. The van der Waals surface area contributed by atoms with Crippen molar-refractivity contribution in [2.45, 2.75) is 48.9 Å². The Labute approximate surface area is 237 Å². The van der Waals surface area contributed by atoms with Gasteiger partial charge in [-0.3, -0.25) is 9.48 Å². The molecule has 38 heavy (non-hydrogen) atoms. The van der Waals surface area contributed by atoms with E-state index in [-0.39, 0.29) is 41.6 Å². The number of likely N-dealkylation sites (tertiary alicyclic amines) is 1. The summed E-state index contributed by atoms with van der Waals surface area (Å²) in [7, 11) is -3.72. The number of aliphatic hydroxyl groups excluding tert-OH is 1. The van der Waals surface area contributed by atoms with Gasteiger partial charge in [0.1, 0.15) is 0 Å². The third kappa shape index (κ3) is 5.79. The molecular weight excluding hydrogens is 621 g/mol. The lowest BCUT2D eigenvalue weighted by Crippen LogP contribution is -2.39. The molecule has 2 aromatic rings. The fraction of sp³-hybridized carbons (Fsp3) is 0.654. The Morgan fingerprint density at radius 1 is 1.24 bits per heavy atom. The summed E-state index contributed by atoms with van der Waals surface area (Å²) in [4.78, 5) is 21.9. The van der Waals surface area contributed by atoms with Gasteiger partial charge in [0.15, 0.2) is 10.7 Å². The number of pyridine rings is 1. The van der Waals surface area contributed by atoms with Gasteiger partial charge in [0.05, 0.1) is 24.1 Å². The number of ether oxygens (including phenoxy) is 1. The van der Waals surface area contributed by atoms with Crippen molar-refractivity contribution in [3.8, 4) is 11.3 Å². The topological polar surface area (TPSA) is 118 Å². The molecule has 2 fully saturated rings. The summed E-state index contributed by atoms with van der Waals surface area (Å²) in [6.07, 6.45) is 6.81. The van der Waals surface area contributed by atoms with Gasteiger partial charge in [-0.15, -0.1) is 0 Å². The van der Waals surface area contributed by atoms with Crippen LogP contribution >= 0.6 is 22.6 Å². The standard InChI is InChI=1S/C26H36IN5O5S/c27-8-12-31(13-14-33)26(34)23-22-18-38(35,36)25-21(4-1-9-28-25)24(22)32(29-23)20-3-2-10-30(17-20)11-5-19-6-15-37-16-7-19/h1,4,9,19-20,33H,2-3,5-8,10-18H2/t20-/m1/s1. The third-order valence-electron chi connectivity index (χ3n) is 7.90. The van der Waals surface area contributed by atoms with Crippen molar-refractivity contribution in [3.63, 3.8) is 0 Å². The fourth-order valence-corrected chi connectivity index (χ4v) is 8.02. The average Bonchev–Trinajstić information content (AvgIpc) is 3.31. The van der Waals surface area contributed by atoms with E-state index in [1.807, 2.05) is 4.68 Å². The molecule has 0 radical (unpaired) electrons. The minimum Gasteiger partial charge on any atom is -0.395 e. The summed E-state index contributed by atoms with van der Waals surface area (Å²) in [5.74, 6) is 0.0648. The van der Waals surface area contributed by atoms with Crippen LogP contribution in [-0.2, 0) is 20.3 Å². The number of alkyl halides is 1. The number of fused-ring (bicyclic) bond motifs is 3. The number of hydrogen-bond acceptors (Lipinski definition) is 8. The second-order valence-corrected chi connectivity index (χ2v) is 13.4. The number of aromatic nitrogens is 3. The molecule has 5 heterocycles. The van der Waals surface area contributed by atoms with Crippen LogP contribution in [0.5, 0.6) is 0 Å². The van der Waals surface area contributed by atoms with Gasteiger partial charge in [0, 0.05) is 54.6 Å². The fourth-order valence-electron chi connectivity index (χ4n) is 5.93. The van der Waals surface area contributed by atoms with E-state index < -0.39 is 9.84 Å². The molecule has 0 aliphatic carbocycles. The van der Waals surface area contributed by atoms with Crippen molar-refractivity contribution < 1.29 is 23.1 Å². The molecule has 0 spiro atoms. The Kier molecular flexibility index (Phi) is 9.03. The molecule has 5 rings (SSSR count). The summed E-state index contributed by atoms with van der Waals surface area (Å²) in [5.41, 5.74) is 1.84. The Balaban J connectivity index is 1.49. The molecule has 1 N–H and O–H groups in total. The monoisotopic (exact) mass is 657 g/mol. The summed E-state index contributed by atoms with van der Waals surface area (Å²) in [5, 5.41) is 14.5. The Hall–Kier alpha value is -1.61. The van der Waals surface area contributed by atoms with Crippen LogP contribution in [0.4, 0.5) is 0 Å². The lowest BCUT2D eigenvalue weighted by atomic mass is 9.95. The quantitative estimate of drug-likeness (QED) is 0.323. The molecule has 0 saturated carbocycles. The SMILES string of the molecule is O=C(c1nn([C@@H]2CCCN(CCC3CCOCC3)C2)c2c1CS(=O)(=O)c1ncccc1-2)N(CCO)CCI. The molecule has 3 aliphatic heterocycles. The van der Waals surface area contributed by atoms with Crippen LogP contribution in [0.3, 0.4) is 0 Å². The molecule has 0 bridgehead atoms. The highest BCUT2D eigenvalue weighted by Gasteiger charge is 2.39. The van der Waals surface area contributed by atoms with E-state index in [0.29, 0.717) is 33.7 Å². The summed E-state index contributed by atoms with van der Waals surface area (Å²) < 4.78 is 34.6. The molecule has 208 valence electrons. The van der Waals surface area contributed by atoms with Gasteiger partial charge >= 0.3 is 0 Å². The van der Waals surface area contributed by atoms with E-state index in [1.165, 1.54) is 6.20 Å². The van der Waals surface area contributed by atoms with Gasteiger partial charge in [-0.2, -0.15) is 5.10 Å². The Morgan fingerprint density at radius 3 is 2.82 bits per heavy atom. The summed E-state index contributed by atoms with van der Waals surface area (Å²) in [6.45, 7) is 5.02. The number of amides is 1. The second kappa shape index (κ2) is 12.3. The van der Waals surface area contributed by atoms with E-state index in [2.05, 4.69) is 32.5 Å². The van der Waals surface area contributed by atoms with Gasteiger partial charge in [-0.25, -0.2) is 13.4 Å². The maximum atomic E-state index is 13.7. The van der Waals surface area contributed by atoms with Crippen molar-refractivity contribution in [2.24, 2.45) is 5.92 Å². The zero-order valence-corrected chi connectivity index (χ0v) is 24.6. The van der Waals surface area contributed by atoms with Crippen molar-refractivity contribution in [1.82, 2.24) is 24.6 Å². The largest absolute Gasteiger partial charge is 0.395 e. The Morgan fingerprint density at radius 2 is 2.05 bits per heavy atom. The lowest BCUT2D eigenvalue weighted by Gasteiger charge is -2.35. The summed E-state index contributed by atoms with van der Waals surface area (Å²) >= 11 is 2.19. The Bertz CT molecular complexity index is 1240. The molecule has 0 unspecified atom stereocenters. The first-order valence-electron chi connectivity index (χ1n) is 13.5. The van der Waals surface area contributed by atoms with E-state index in [9.17, 15) is 18.3 Å². The number of sulfone groups is 1. The van der Waals surface area contributed by atoms with Crippen LogP contribution in [0, 0.1) is 5.92 Å². The van der Waals surface area contributed by atoms with Crippen molar-refractivity contribution in [3.05, 3.63) is 29.6 Å². The van der Waals surface area contributed by atoms with E-state index in [0.717, 1.165) is 65.0 Å². The second-order valence-electron chi connectivity index (χ2n) is 10.4. The molecule has 2 saturated heterocycles. The number of carbonyl (C=O) groups is 1. The van der Waals surface area contributed by atoms with Gasteiger partial charge < -0.3 is 19.6 Å². The molecule has 3 aliphatic rings. The maximum absolute atomic E-state index is 13.7. The molecule has 0 aromatic carbocycles. The predicted octanol–water partition coefficient (Wildman–Crippen LogP) is 2.56. The van der Waals surface area contributed by atoms with E-state index >= 15 is 0 Å². The van der Waals surface area contributed by atoms with Crippen LogP contribution in [0.25, 0.3) is 11.3 Å². The molecule has 1 amide bonds. The molecule has 1 atom stereocenters. The highest BCUT2D eigenvalue weighted by molar-refractivity contribution is 14.1. The average molecular weight is 658 g/mol. The molecular formula is C26H36IN5O5S. The number of hydrogen-bond donors (Lipinski definition) is 1. The third-order valence-corrected chi connectivity index (χ3v) is 9.96. The number of rotatable bonds is 9. The summed E-state index contributed by atoms with van der Waals surface area (Å²) in [6, 6.07) is 3.53. The number of nitrogens with zero attached hydrogens (tertiary/aromatic N) is 5. The molecule has 2 aromatic heterocycles. The van der Waals surface area contributed by atoms with Gasteiger partial charge in [-0.1, -0.05) is 22.6 Å². The van der Waals surface area contributed by atoms with Crippen LogP contribution in [-0.4, -0.2) is 101 Å². The van der Waals surface area contributed by atoms with Gasteiger partial charge in [-0.05, 0) is 63.2 Å². The van der Waals surface area contributed by atoms with Crippen LogP contribution in [0.1, 0.15) is 54.2 Å². The van der Waals surface area contributed by atoms with Crippen molar-refractivity contribution >= 4 is 38.3 Å². The van der Waals surface area contributed by atoms with E-state index in [4.69, 9.17) is 9.84 Å². The lowest BCUT2D eigenvalue weighted by molar-refractivity contribution is 0.0575. The van der Waals surface area contributed by atoms with Crippen LogP contribution < -0.4 is 0 Å². The van der Waals surface area contributed by atoms with Gasteiger partial charge in [0.2, 0.25) is 9.84 Å². The predicted molar refractivity (Wildman–Crippen MR) is 151 cm³/mol. The smallest absolute Gasteiger partial charge is 0.274 e. The van der Waals surface area contributed by atoms with E-state index in [1.54, 1.807) is 17.0 Å². The minimum atomic E-state index is -3.72. The van der Waals surface area contributed by atoms with Crippen molar-refractivity contribution in [2.75, 3.05) is 57.0 Å². The first-order valence-corrected chi connectivity index (χ1v) is 16.7. The molecule has 10 nitrogen and oxygen atoms in total. The zero-order valence-electron chi connectivity index (χ0n) is 21.6. The highest BCUT2D eigenvalue weighted by Crippen LogP contribution is 2.41. The number of piperidine rings is 1. The molecule has 12 heteroatoms. The number of aliphatic hydroxyl groups is 1. The van der Waals surface area contributed by atoms with Crippen LogP contribution in [0.15, 0.2) is 23.4 Å². The number of halogens is 1. The first kappa shape index (κ1) is 27.9.